The molecule has 0 aromatic heterocycles. The normalized spacial score (nSPS) is 16.2. The number of carbonyl (C=O) groups is 3. The Bertz CT molecular complexity index is 1390. The van der Waals surface area contributed by atoms with Crippen LogP contribution in [0, 0.1) is 0 Å². The standard InChI is InChI=1S/C32H33NO7/c1-4-6-7-19-40-26-17-13-22(14-18-26)29(34)27-28(21-11-15-25(38-3)16-12-21)33(31(36)30(27)35)24-10-8-9-23(20-24)32(37)39-5-2/h8-18,20,28,34H,4-7,19H2,1-3H3/b29-27+. The zero-order valence-corrected chi connectivity index (χ0v) is 22.9. The molecule has 1 fully saturated rings. The SMILES string of the molecule is CCCCCOc1ccc(/C(O)=C2\C(=O)C(=O)N(c3cccc(C(=O)OCC)c3)C2c2ccc(OC)cc2)cc1. The van der Waals surface area contributed by atoms with Crippen LogP contribution in [0.25, 0.3) is 5.76 Å². The molecule has 0 aliphatic carbocycles. The van der Waals surface area contributed by atoms with Gasteiger partial charge in [0.15, 0.2) is 0 Å². The van der Waals surface area contributed by atoms with Gasteiger partial charge in [-0.3, -0.25) is 14.5 Å². The summed E-state index contributed by atoms with van der Waals surface area (Å²) in [6, 6.07) is 19.0. The fourth-order valence-electron chi connectivity index (χ4n) is 4.60. The highest BCUT2D eigenvalue weighted by molar-refractivity contribution is 6.51. The van der Waals surface area contributed by atoms with E-state index in [1.807, 2.05) is 0 Å². The summed E-state index contributed by atoms with van der Waals surface area (Å²) in [6.45, 7) is 4.61. The van der Waals surface area contributed by atoms with Gasteiger partial charge in [-0.15, -0.1) is 0 Å². The van der Waals surface area contributed by atoms with E-state index in [9.17, 15) is 19.5 Å². The van der Waals surface area contributed by atoms with Gasteiger partial charge in [-0.1, -0.05) is 38.0 Å². The van der Waals surface area contributed by atoms with Gasteiger partial charge in [0.05, 0.1) is 37.5 Å². The first-order valence-corrected chi connectivity index (χ1v) is 13.3. The highest BCUT2D eigenvalue weighted by atomic mass is 16.5. The second-order valence-electron chi connectivity index (χ2n) is 9.29. The number of hydrogen-bond donors (Lipinski definition) is 1. The van der Waals surface area contributed by atoms with Crippen LogP contribution < -0.4 is 14.4 Å². The van der Waals surface area contributed by atoms with Crippen molar-refractivity contribution in [1.29, 1.82) is 0 Å². The van der Waals surface area contributed by atoms with Crippen molar-refractivity contribution in [3.8, 4) is 11.5 Å². The quantitative estimate of drug-likeness (QED) is 0.103. The number of aliphatic hydroxyl groups is 1. The fourth-order valence-corrected chi connectivity index (χ4v) is 4.60. The number of Topliss-reactive ketones (excluding diaryl/α,β-unsaturated/α-hetero) is 1. The Balaban J connectivity index is 1.77. The second kappa shape index (κ2) is 13.0. The van der Waals surface area contributed by atoms with Gasteiger partial charge in [0.2, 0.25) is 0 Å². The molecule has 8 heteroatoms. The van der Waals surface area contributed by atoms with Crippen molar-refractivity contribution in [1.82, 2.24) is 0 Å². The van der Waals surface area contributed by atoms with Crippen LogP contribution in [0.2, 0.25) is 0 Å². The summed E-state index contributed by atoms with van der Waals surface area (Å²) >= 11 is 0. The van der Waals surface area contributed by atoms with Crippen molar-refractivity contribution in [2.75, 3.05) is 25.2 Å². The maximum absolute atomic E-state index is 13.5. The van der Waals surface area contributed by atoms with Gasteiger partial charge >= 0.3 is 5.97 Å². The lowest BCUT2D eigenvalue weighted by Gasteiger charge is -2.26. The second-order valence-corrected chi connectivity index (χ2v) is 9.29. The molecule has 40 heavy (non-hydrogen) atoms. The fraction of sp³-hybridized carbons (Fsp3) is 0.281. The van der Waals surface area contributed by atoms with E-state index < -0.39 is 23.7 Å². The number of amides is 1. The smallest absolute Gasteiger partial charge is 0.338 e. The van der Waals surface area contributed by atoms with Crippen LogP contribution in [-0.4, -0.2) is 43.1 Å². The van der Waals surface area contributed by atoms with Gasteiger partial charge in [0.1, 0.15) is 17.3 Å². The molecule has 1 amide bonds. The third kappa shape index (κ3) is 6.01. The number of benzene rings is 3. The molecule has 1 aliphatic rings. The first-order valence-electron chi connectivity index (χ1n) is 13.3. The Morgan fingerprint density at radius 1 is 0.900 bits per heavy atom. The Morgan fingerprint density at radius 2 is 1.60 bits per heavy atom. The summed E-state index contributed by atoms with van der Waals surface area (Å²) in [5.74, 6) is -1.26. The Labute approximate surface area is 233 Å². The van der Waals surface area contributed by atoms with E-state index >= 15 is 0 Å². The monoisotopic (exact) mass is 543 g/mol. The summed E-state index contributed by atoms with van der Waals surface area (Å²) in [4.78, 5) is 40.6. The summed E-state index contributed by atoms with van der Waals surface area (Å²) < 4.78 is 16.2. The molecule has 208 valence electrons. The van der Waals surface area contributed by atoms with Crippen LogP contribution in [0.5, 0.6) is 11.5 Å². The molecule has 1 atom stereocenters. The van der Waals surface area contributed by atoms with E-state index in [0.29, 0.717) is 34.9 Å². The highest BCUT2D eigenvalue weighted by Gasteiger charge is 2.47. The molecule has 1 N–H and O–H groups in total. The van der Waals surface area contributed by atoms with E-state index in [0.717, 1.165) is 19.3 Å². The molecular weight excluding hydrogens is 510 g/mol. The Morgan fingerprint density at radius 3 is 2.25 bits per heavy atom. The molecule has 4 rings (SSSR count). The van der Waals surface area contributed by atoms with E-state index in [4.69, 9.17) is 14.2 Å². The van der Waals surface area contributed by atoms with Gasteiger partial charge < -0.3 is 19.3 Å². The number of unbranched alkanes of at least 4 members (excludes halogenated alkanes) is 2. The molecule has 0 radical (unpaired) electrons. The van der Waals surface area contributed by atoms with Gasteiger partial charge in [0.25, 0.3) is 11.7 Å². The summed E-state index contributed by atoms with van der Waals surface area (Å²) in [7, 11) is 1.54. The van der Waals surface area contributed by atoms with E-state index in [1.54, 1.807) is 80.8 Å². The molecule has 0 spiro atoms. The number of carbonyl (C=O) groups excluding carboxylic acids is 3. The van der Waals surface area contributed by atoms with Crippen LogP contribution in [0.15, 0.2) is 78.4 Å². The average molecular weight is 544 g/mol. The maximum atomic E-state index is 13.5. The number of ketones is 1. The third-order valence-corrected chi connectivity index (χ3v) is 6.66. The van der Waals surface area contributed by atoms with Crippen LogP contribution in [0.4, 0.5) is 5.69 Å². The molecular formula is C32H33NO7. The van der Waals surface area contributed by atoms with Crippen molar-refractivity contribution >= 4 is 29.1 Å². The van der Waals surface area contributed by atoms with Gasteiger partial charge in [-0.05, 0) is 73.5 Å². The number of hydrogen-bond acceptors (Lipinski definition) is 7. The Kier molecular flexibility index (Phi) is 9.22. The molecule has 0 saturated carbocycles. The minimum atomic E-state index is -0.951. The van der Waals surface area contributed by atoms with Crippen LogP contribution in [-0.2, 0) is 14.3 Å². The number of anilines is 1. The van der Waals surface area contributed by atoms with E-state index in [-0.39, 0.29) is 23.5 Å². The van der Waals surface area contributed by atoms with Crippen molar-refractivity contribution in [2.24, 2.45) is 0 Å². The van der Waals surface area contributed by atoms with Gasteiger partial charge in [-0.2, -0.15) is 0 Å². The number of nitrogens with zero attached hydrogens (tertiary/aromatic N) is 1. The maximum Gasteiger partial charge on any atom is 0.338 e. The molecule has 1 aliphatic heterocycles. The summed E-state index contributed by atoms with van der Waals surface area (Å²) in [5, 5.41) is 11.4. The van der Waals surface area contributed by atoms with Crippen molar-refractivity contribution in [3.05, 3.63) is 95.1 Å². The summed E-state index contributed by atoms with van der Waals surface area (Å²) in [6.07, 6.45) is 3.12. The van der Waals surface area contributed by atoms with Gasteiger partial charge in [-0.25, -0.2) is 4.79 Å². The van der Waals surface area contributed by atoms with Crippen molar-refractivity contribution < 1.29 is 33.7 Å². The average Bonchev–Trinajstić information content (AvgIpc) is 3.25. The molecule has 0 bridgehead atoms. The summed E-state index contributed by atoms with van der Waals surface area (Å²) in [5.41, 5.74) is 1.46. The number of methoxy groups -OCH3 is 1. The van der Waals surface area contributed by atoms with Crippen LogP contribution in [0.3, 0.4) is 0 Å². The third-order valence-electron chi connectivity index (χ3n) is 6.66. The Hall–Kier alpha value is -4.59. The molecule has 1 unspecified atom stereocenters. The number of esters is 1. The molecule has 3 aromatic carbocycles. The predicted octanol–water partition coefficient (Wildman–Crippen LogP) is 6.07. The van der Waals surface area contributed by atoms with Crippen molar-refractivity contribution in [3.63, 3.8) is 0 Å². The molecule has 1 saturated heterocycles. The van der Waals surface area contributed by atoms with E-state index in [1.165, 1.54) is 11.0 Å². The van der Waals surface area contributed by atoms with Crippen LogP contribution >= 0.6 is 0 Å². The number of aliphatic hydroxyl groups excluding tert-OH is 1. The molecule has 3 aromatic rings. The minimum Gasteiger partial charge on any atom is -0.507 e. The minimum absolute atomic E-state index is 0.0617. The lowest BCUT2D eigenvalue weighted by atomic mass is 9.95. The van der Waals surface area contributed by atoms with Crippen LogP contribution in [0.1, 0.15) is 60.6 Å². The van der Waals surface area contributed by atoms with E-state index in [2.05, 4.69) is 6.92 Å². The number of ether oxygens (including phenoxy) is 3. The highest BCUT2D eigenvalue weighted by Crippen LogP contribution is 2.42. The zero-order chi connectivity index (χ0) is 28.6. The topological polar surface area (TPSA) is 102 Å². The van der Waals surface area contributed by atoms with Gasteiger partial charge in [0, 0.05) is 11.3 Å². The number of rotatable bonds is 11. The lowest BCUT2D eigenvalue weighted by molar-refractivity contribution is -0.132. The first kappa shape index (κ1) is 28.4. The molecule has 8 nitrogen and oxygen atoms in total. The predicted molar refractivity (Wildman–Crippen MR) is 152 cm³/mol. The lowest BCUT2D eigenvalue weighted by Crippen LogP contribution is -2.29. The zero-order valence-electron chi connectivity index (χ0n) is 22.9. The molecule has 1 heterocycles. The first-order chi connectivity index (χ1) is 19.4. The van der Waals surface area contributed by atoms with Crippen molar-refractivity contribution in [2.45, 2.75) is 39.2 Å². The largest absolute Gasteiger partial charge is 0.507 e.